The molecule has 0 spiro atoms. The van der Waals surface area contributed by atoms with Crippen LogP contribution in [0.2, 0.25) is 0 Å². The van der Waals surface area contributed by atoms with Crippen molar-refractivity contribution >= 4 is 23.1 Å². The zero-order valence-corrected chi connectivity index (χ0v) is 19.7. The van der Waals surface area contributed by atoms with Gasteiger partial charge >= 0.3 is 0 Å². The number of aliphatic hydroxyl groups is 1. The Kier molecular flexibility index (Phi) is 6.92. The zero-order chi connectivity index (χ0) is 23.6. The van der Waals surface area contributed by atoms with Crippen LogP contribution in [0.5, 0.6) is 5.75 Å². The van der Waals surface area contributed by atoms with Gasteiger partial charge in [0.25, 0.3) is 11.7 Å². The van der Waals surface area contributed by atoms with E-state index in [0.717, 1.165) is 22.6 Å². The Morgan fingerprint density at radius 3 is 2.31 bits per heavy atom. The third-order valence-electron chi connectivity index (χ3n) is 5.85. The number of rotatable bonds is 7. The number of methoxy groups -OCH3 is 1. The number of ketones is 1. The largest absolute Gasteiger partial charge is 0.507 e. The molecule has 0 aromatic heterocycles. The SMILES string of the molecule is CCCN1C(=O)C(=O)/C(=C(\O)c2ccc(OC)c(C(C)C)c2)C1c1ccc(N(C)C)cc1. The van der Waals surface area contributed by atoms with Gasteiger partial charge in [0, 0.05) is 31.9 Å². The molecule has 2 aromatic rings. The Labute approximate surface area is 190 Å². The van der Waals surface area contributed by atoms with Crippen molar-refractivity contribution in [1.82, 2.24) is 4.90 Å². The molecule has 170 valence electrons. The van der Waals surface area contributed by atoms with Crippen LogP contribution < -0.4 is 9.64 Å². The normalized spacial score (nSPS) is 17.8. The van der Waals surface area contributed by atoms with Crippen LogP contribution in [0.4, 0.5) is 5.69 Å². The lowest BCUT2D eigenvalue weighted by molar-refractivity contribution is -0.139. The molecule has 1 aliphatic heterocycles. The van der Waals surface area contributed by atoms with Gasteiger partial charge in [-0.3, -0.25) is 9.59 Å². The molecule has 1 atom stereocenters. The fourth-order valence-electron chi connectivity index (χ4n) is 4.14. The van der Waals surface area contributed by atoms with Crippen molar-refractivity contribution in [1.29, 1.82) is 0 Å². The lowest BCUT2D eigenvalue weighted by Crippen LogP contribution is -2.30. The first kappa shape index (κ1) is 23.4. The number of aliphatic hydroxyl groups excluding tert-OH is 1. The van der Waals surface area contributed by atoms with Gasteiger partial charge in [-0.1, -0.05) is 32.9 Å². The summed E-state index contributed by atoms with van der Waals surface area (Å²) < 4.78 is 5.44. The number of carbonyl (C=O) groups excluding carboxylic acids is 2. The smallest absolute Gasteiger partial charge is 0.295 e. The van der Waals surface area contributed by atoms with Crippen molar-refractivity contribution in [3.05, 3.63) is 64.7 Å². The maximum absolute atomic E-state index is 13.1. The Bertz CT molecular complexity index is 1040. The van der Waals surface area contributed by atoms with E-state index in [9.17, 15) is 14.7 Å². The van der Waals surface area contributed by atoms with E-state index < -0.39 is 17.7 Å². The molecular weight excluding hydrogens is 404 g/mol. The molecular formula is C26H32N2O4. The van der Waals surface area contributed by atoms with Crippen LogP contribution in [-0.4, -0.2) is 49.4 Å². The molecule has 0 radical (unpaired) electrons. The predicted octanol–water partition coefficient (Wildman–Crippen LogP) is 4.72. The van der Waals surface area contributed by atoms with Crippen molar-refractivity contribution in [3.63, 3.8) is 0 Å². The second kappa shape index (κ2) is 9.47. The fraction of sp³-hybridized carbons (Fsp3) is 0.385. The lowest BCUT2D eigenvalue weighted by atomic mass is 9.93. The summed E-state index contributed by atoms with van der Waals surface area (Å²) in [6.07, 6.45) is 0.708. The molecule has 2 aromatic carbocycles. The number of likely N-dealkylation sites (tertiary alicyclic amines) is 1. The molecule has 32 heavy (non-hydrogen) atoms. The van der Waals surface area contributed by atoms with E-state index in [0.29, 0.717) is 18.5 Å². The monoisotopic (exact) mass is 436 g/mol. The van der Waals surface area contributed by atoms with E-state index >= 15 is 0 Å². The lowest BCUT2D eigenvalue weighted by Gasteiger charge is -2.25. The van der Waals surface area contributed by atoms with E-state index in [4.69, 9.17) is 4.74 Å². The van der Waals surface area contributed by atoms with Gasteiger partial charge in [0.2, 0.25) is 0 Å². The van der Waals surface area contributed by atoms with Crippen molar-refractivity contribution < 1.29 is 19.4 Å². The summed E-state index contributed by atoms with van der Waals surface area (Å²) in [5.41, 5.74) is 3.35. The van der Waals surface area contributed by atoms with Gasteiger partial charge in [-0.15, -0.1) is 0 Å². The maximum Gasteiger partial charge on any atom is 0.295 e. The van der Waals surface area contributed by atoms with Crippen LogP contribution in [0.1, 0.15) is 55.8 Å². The Balaban J connectivity index is 2.18. The van der Waals surface area contributed by atoms with Crippen LogP contribution in [0.15, 0.2) is 48.0 Å². The highest BCUT2D eigenvalue weighted by Gasteiger charge is 2.45. The summed E-state index contributed by atoms with van der Waals surface area (Å²) in [5, 5.41) is 11.3. The number of benzene rings is 2. The minimum atomic E-state index is -0.653. The molecule has 1 saturated heterocycles. The van der Waals surface area contributed by atoms with Gasteiger partial charge in [0.1, 0.15) is 11.5 Å². The van der Waals surface area contributed by atoms with E-state index in [-0.39, 0.29) is 17.3 Å². The van der Waals surface area contributed by atoms with Crippen molar-refractivity contribution in [3.8, 4) is 5.75 Å². The highest BCUT2D eigenvalue weighted by Crippen LogP contribution is 2.40. The van der Waals surface area contributed by atoms with Gasteiger partial charge in [0.05, 0.1) is 18.7 Å². The molecule has 1 N–H and O–H groups in total. The number of hydrogen-bond donors (Lipinski definition) is 1. The highest BCUT2D eigenvalue weighted by molar-refractivity contribution is 6.46. The number of anilines is 1. The Morgan fingerprint density at radius 2 is 1.78 bits per heavy atom. The van der Waals surface area contributed by atoms with Crippen LogP contribution >= 0.6 is 0 Å². The van der Waals surface area contributed by atoms with Gasteiger partial charge in [0.15, 0.2) is 0 Å². The first-order valence-electron chi connectivity index (χ1n) is 10.9. The summed E-state index contributed by atoms with van der Waals surface area (Å²) in [6.45, 7) is 6.47. The average Bonchev–Trinajstić information content (AvgIpc) is 3.03. The minimum absolute atomic E-state index is 0.126. The molecule has 1 fully saturated rings. The number of Topliss-reactive ketones (excluding diaryl/α,β-unsaturated/α-hetero) is 1. The Hall–Kier alpha value is -3.28. The van der Waals surface area contributed by atoms with E-state index in [1.165, 1.54) is 0 Å². The number of nitrogens with zero attached hydrogens (tertiary/aromatic N) is 2. The van der Waals surface area contributed by atoms with Gasteiger partial charge < -0.3 is 19.6 Å². The molecule has 0 bridgehead atoms. The second-order valence-corrected chi connectivity index (χ2v) is 8.59. The van der Waals surface area contributed by atoms with E-state index in [2.05, 4.69) is 0 Å². The van der Waals surface area contributed by atoms with Crippen molar-refractivity contribution in [2.45, 2.75) is 39.2 Å². The third kappa shape index (κ3) is 4.22. The van der Waals surface area contributed by atoms with Gasteiger partial charge in [-0.2, -0.15) is 0 Å². The molecule has 1 amide bonds. The first-order chi connectivity index (χ1) is 15.2. The fourth-order valence-corrected chi connectivity index (χ4v) is 4.14. The average molecular weight is 437 g/mol. The molecule has 0 saturated carbocycles. The van der Waals surface area contributed by atoms with Gasteiger partial charge in [-0.05, 0) is 53.8 Å². The molecule has 6 nitrogen and oxygen atoms in total. The molecule has 1 aliphatic rings. The van der Waals surface area contributed by atoms with Gasteiger partial charge in [-0.25, -0.2) is 0 Å². The molecule has 0 aliphatic carbocycles. The second-order valence-electron chi connectivity index (χ2n) is 8.59. The predicted molar refractivity (Wildman–Crippen MR) is 127 cm³/mol. The highest BCUT2D eigenvalue weighted by atomic mass is 16.5. The maximum atomic E-state index is 13.1. The van der Waals surface area contributed by atoms with Crippen LogP contribution in [0.25, 0.3) is 5.76 Å². The van der Waals surface area contributed by atoms with Crippen LogP contribution in [0, 0.1) is 0 Å². The summed E-state index contributed by atoms with van der Waals surface area (Å²) in [6, 6.07) is 12.4. The van der Waals surface area contributed by atoms with Crippen molar-refractivity contribution in [2.24, 2.45) is 0 Å². The topological polar surface area (TPSA) is 70.1 Å². The first-order valence-corrected chi connectivity index (χ1v) is 10.9. The number of carbonyl (C=O) groups is 2. The standard InChI is InChI=1S/C26H32N2O4/c1-7-14-28-23(17-8-11-19(12-9-17)27(4)5)22(25(30)26(28)31)24(29)18-10-13-21(32-6)20(15-18)16(2)3/h8-13,15-16,23,29H,7,14H2,1-6H3/b24-22-. The van der Waals surface area contributed by atoms with Crippen LogP contribution in [-0.2, 0) is 9.59 Å². The molecule has 3 rings (SSSR count). The number of ether oxygens (including phenoxy) is 1. The summed E-state index contributed by atoms with van der Waals surface area (Å²) in [7, 11) is 5.51. The number of hydrogen-bond acceptors (Lipinski definition) is 5. The zero-order valence-electron chi connectivity index (χ0n) is 19.7. The minimum Gasteiger partial charge on any atom is -0.507 e. The van der Waals surface area contributed by atoms with E-state index in [1.54, 1.807) is 24.1 Å². The molecule has 6 heteroatoms. The summed E-state index contributed by atoms with van der Waals surface area (Å²) in [4.78, 5) is 29.5. The molecule has 1 unspecified atom stereocenters. The quantitative estimate of drug-likeness (QED) is 0.386. The Morgan fingerprint density at radius 1 is 1.12 bits per heavy atom. The van der Waals surface area contributed by atoms with E-state index in [1.807, 2.05) is 70.1 Å². The van der Waals surface area contributed by atoms with Crippen molar-refractivity contribution in [2.75, 3.05) is 32.6 Å². The molecule has 1 heterocycles. The van der Waals surface area contributed by atoms with Crippen LogP contribution in [0.3, 0.4) is 0 Å². The summed E-state index contributed by atoms with van der Waals surface area (Å²) >= 11 is 0. The summed E-state index contributed by atoms with van der Waals surface area (Å²) in [5.74, 6) is -0.506. The third-order valence-corrected chi connectivity index (χ3v) is 5.85. The number of amides is 1.